The molecular weight excluding hydrogens is 244 g/mol. The van der Waals surface area contributed by atoms with Crippen LogP contribution in [0.4, 0.5) is 0 Å². The largest absolute Gasteiger partial charge is 0.353 e. The van der Waals surface area contributed by atoms with Gasteiger partial charge in [0.05, 0.1) is 0 Å². The van der Waals surface area contributed by atoms with E-state index in [2.05, 4.69) is 15.6 Å². The van der Waals surface area contributed by atoms with Gasteiger partial charge in [-0.1, -0.05) is 0 Å². The second-order valence-corrected chi connectivity index (χ2v) is 5.59. The zero-order valence-electron chi connectivity index (χ0n) is 11.4. The van der Waals surface area contributed by atoms with Gasteiger partial charge in [-0.05, 0) is 38.1 Å². The van der Waals surface area contributed by atoms with Crippen LogP contribution in [0, 0.1) is 5.92 Å². The Morgan fingerprint density at radius 1 is 1.42 bits per heavy atom. The zero-order valence-corrected chi connectivity index (χ0v) is 11.4. The summed E-state index contributed by atoms with van der Waals surface area (Å²) in [7, 11) is 0. The number of carbonyl (C=O) groups is 2. The minimum atomic E-state index is -0.0892. The molecule has 2 atom stereocenters. The lowest BCUT2D eigenvalue weighted by molar-refractivity contribution is -0.125. The average molecular weight is 268 g/mol. The molecule has 0 aromatic carbocycles. The van der Waals surface area contributed by atoms with Gasteiger partial charge in [0.15, 0.2) is 0 Å². The molecule has 0 saturated carbocycles. The number of hydrazine groups is 1. The Morgan fingerprint density at radius 2 is 2.26 bits per heavy atom. The molecule has 0 radical (unpaired) electrons. The highest BCUT2D eigenvalue weighted by Gasteiger charge is 2.33. The molecule has 2 heterocycles. The van der Waals surface area contributed by atoms with Gasteiger partial charge in [-0.3, -0.25) is 15.0 Å². The van der Waals surface area contributed by atoms with E-state index in [1.54, 1.807) is 0 Å². The number of carbonyl (C=O) groups excluding carboxylic acids is 2. The molecule has 2 aliphatic rings. The number of unbranched alkanes of at least 4 members (excludes halogenated alkanes) is 1. The summed E-state index contributed by atoms with van der Waals surface area (Å²) in [6.07, 6.45) is 5.15. The van der Waals surface area contributed by atoms with Crippen molar-refractivity contribution in [2.75, 3.05) is 19.6 Å². The van der Waals surface area contributed by atoms with E-state index in [1.165, 1.54) is 0 Å². The maximum Gasteiger partial charge on any atom is 0.233 e. The van der Waals surface area contributed by atoms with Crippen molar-refractivity contribution in [3.63, 3.8) is 0 Å². The van der Waals surface area contributed by atoms with Crippen molar-refractivity contribution < 1.29 is 9.59 Å². The standard InChI is InChI=1S/C13H24N4O2/c14-16-13(19)3-1-2-7-17-8-6-11-10(9-17)4-5-12(18)15-11/h10-11H,1-9,14H2,(H,15,18)(H,16,19). The molecule has 2 saturated heterocycles. The highest BCUT2D eigenvalue weighted by molar-refractivity contribution is 5.77. The van der Waals surface area contributed by atoms with Crippen LogP contribution in [-0.2, 0) is 9.59 Å². The summed E-state index contributed by atoms with van der Waals surface area (Å²) in [5, 5.41) is 3.10. The van der Waals surface area contributed by atoms with Gasteiger partial charge in [0, 0.05) is 32.0 Å². The number of nitrogens with one attached hydrogen (secondary N) is 2. The van der Waals surface area contributed by atoms with Crippen molar-refractivity contribution in [3.05, 3.63) is 0 Å². The summed E-state index contributed by atoms with van der Waals surface area (Å²) < 4.78 is 0. The van der Waals surface area contributed by atoms with Gasteiger partial charge in [0.2, 0.25) is 11.8 Å². The van der Waals surface area contributed by atoms with Gasteiger partial charge < -0.3 is 10.2 Å². The Bertz CT molecular complexity index is 335. The minimum absolute atomic E-state index is 0.0892. The van der Waals surface area contributed by atoms with Gasteiger partial charge in [0.1, 0.15) is 0 Å². The van der Waals surface area contributed by atoms with E-state index in [0.717, 1.165) is 45.3 Å². The second-order valence-electron chi connectivity index (χ2n) is 5.59. The fraction of sp³-hybridized carbons (Fsp3) is 0.846. The first-order valence-corrected chi connectivity index (χ1v) is 7.20. The number of piperidine rings is 2. The average Bonchev–Trinajstić information content (AvgIpc) is 2.43. The van der Waals surface area contributed by atoms with Crippen molar-refractivity contribution >= 4 is 11.8 Å². The van der Waals surface area contributed by atoms with Crippen LogP contribution in [0.1, 0.15) is 38.5 Å². The number of hydrogen-bond acceptors (Lipinski definition) is 4. The highest BCUT2D eigenvalue weighted by atomic mass is 16.2. The molecule has 2 amide bonds. The number of amides is 2. The summed E-state index contributed by atoms with van der Waals surface area (Å²) in [5.41, 5.74) is 2.15. The monoisotopic (exact) mass is 268 g/mol. The van der Waals surface area contributed by atoms with Crippen molar-refractivity contribution in [2.45, 2.75) is 44.6 Å². The first kappa shape index (κ1) is 14.3. The molecule has 2 aliphatic heterocycles. The quantitative estimate of drug-likeness (QED) is 0.278. The van der Waals surface area contributed by atoms with E-state index in [4.69, 9.17) is 5.84 Å². The van der Waals surface area contributed by atoms with Gasteiger partial charge in [-0.25, -0.2) is 5.84 Å². The third-order valence-corrected chi connectivity index (χ3v) is 4.20. The number of fused-ring (bicyclic) bond motifs is 1. The molecule has 0 spiro atoms. The highest BCUT2D eigenvalue weighted by Crippen LogP contribution is 2.25. The van der Waals surface area contributed by atoms with Crippen LogP contribution in [0.25, 0.3) is 0 Å². The molecule has 2 rings (SSSR count). The molecule has 0 bridgehead atoms. The lowest BCUT2D eigenvalue weighted by Crippen LogP contribution is -2.54. The van der Waals surface area contributed by atoms with Crippen LogP contribution in [0.5, 0.6) is 0 Å². The van der Waals surface area contributed by atoms with Crippen molar-refractivity contribution in [1.82, 2.24) is 15.6 Å². The molecule has 0 aromatic heterocycles. The first-order chi connectivity index (χ1) is 9.19. The molecule has 108 valence electrons. The lowest BCUT2D eigenvalue weighted by atomic mass is 9.85. The molecular formula is C13H24N4O2. The van der Waals surface area contributed by atoms with E-state index in [0.29, 0.717) is 24.8 Å². The molecule has 6 nitrogen and oxygen atoms in total. The van der Waals surface area contributed by atoms with E-state index >= 15 is 0 Å². The van der Waals surface area contributed by atoms with Crippen LogP contribution in [0.3, 0.4) is 0 Å². The number of hydrogen-bond donors (Lipinski definition) is 3. The van der Waals surface area contributed by atoms with Crippen LogP contribution in [-0.4, -0.2) is 42.4 Å². The smallest absolute Gasteiger partial charge is 0.233 e. The Labute approximate surface area is 114 Å². The van der Waals surface area contributed by atoms with Crippen LogP contribution in [0.15, 0.2) is 0 Å². The number of nitrogens with zero attached hydrogens (tertiary/aromatic N) is 1. The Morgan fingerprint density at radius 3 is 3.05 bits per heavy atom. The maximum absolute atomic E-state index is 11.3. The molecule has 6 heteroatoms. The predicted molar refractivity (Wildman–Crippen MR) is 71.9 cm³/mol. The topological polar surface area (TPSA) is 87.5 Å². The van der Waals surface area contributed by atoms with E-state index in [-0.39, 0.29) is 11.8 Å². The third kappa shape index (κ3) is 4.18. The lowest BCUT2D eigenvalue weighted by Gasteiger charge is -2.41. The normalized spacial score (nSPS) is 27.5. The number of likely N-dealkylation sites (tertiary alicyclic amines) is 1. The van der Waals surface area contributed by atoms with Crippen molar-refractivity contribution in [2.24, 2.45) is 11.8 Å². The summed E-state index contributed by atoms with van der Waals surface area (Å²) in [5.74, 6) is 5.77. The molecule has 2 fully saturated rings. The Hall–Kier alpha value is -1.14. The summed E-state index contributed by atoms with van der Waals surface area (Å²) in [4.78, 5) is 24.8. The van der Waals surface area contributed by atoms with E-state index in [9.17, 15) is 9.59 Å². The first-order valence-electron chi connectivity index (χ1n) is 7.20. The SMILES string of the molecule is NNC(=O)CCCCN1CCC2NC(=O)CCC2C1. The summed E-state index contributed by atoms with van der Waals surface area (Å²) in [6, 6.07) is 0.389. The van der Waals surface area contributed by atoms with E-state index < -0.39 is 0 Å². The number of rotatable bonds is 5. The van der Waals surface area contributed by atoms with Crippen LogP contribution < -0.4 is 16.6 Å². The zero-order chi connectivity index (χ0) is 13.7. The fourth-order valence-corrected chi connectivity index (χ4v) is 3.08. The van der Waals surface area contributed by atoms with Crippen molar-refractivity contribution in [1.29, 1.82) is 0 Å². The number of nitrogens with two attached hydrogens (primary N) is 1. The van der Waals surface area contributed by atoms with Gasteiger partial charge in [-0.15, -0.1) is 0 Å². The summed E-state index contributed by atoms with van der Waals surface area (Å²) >= 11 is 0. The molecule has 0 aromatic rings. The summed E-state index contributed by atoms with van der Waals surface area (Å²) in [6.45, 7) is 3.16. The van der Waals surface area contributed by atoms with Crippen LogP contribution in [0.2, 0.25) is 0 Å². The Kier molecular flexibility index (Phi) is 5.15. The minimum Gasteiger partial charge on any atom is -0.353 e. The van der Waals surface area contributed by atoms with Crippen LogP contribution >= 0.6 is 0 Å². The molecule has 2 unspecified atom stereocenters. The van der Waals surface area contributed by atoms with E-state index in [1.807, 2.05) is 0 Å². The molecule has 4 N–H and O–H groups in total. The van der Waals surface area contributed by atoms with Gasteiger partial charge in [0.25, 0.3) is 0 Å². The Balaban J connectivity index is 1.64. The molecule has 19 heavy (non-hydrogen) atoms. The second kappa shape index (κ2) is 6.86. The maximum atomic E-state index is 11.3. The third-order valence-electron chi connectivity index (χ3n) is 4.20. The van der Waals surface area contributed by atoms with Gasteiger partial charge >= 0.3 is 0 Å². The van der Waals surface area contributed by atoms with Gasteiger partial charge in [-0.2, -0.15) is 0 Å². The fourth-order valence-electron chi connectivity index (χ4n) is 3.08. The molecule has 0 aliphatic carbocycles. The van der Waals surface area contributed by atoms with Crippen molar-refractivity contribution in [3.8, 4) is 0 Å². The predicted octanol–water partition coefficient (Wildman–Crippen LogP) is -0.253.